The van der Waals surface area contributed by atoms with Crippen LogP contribution in [0, 0.1) is 6.92 Å². The molecule has 15 heavy (non-hydrogen) atoms. The third-order valence-electron chi connectivity index (χ3n) is 3.10. The Morgan fingerprint density at radius 1 is 1.40 bits per heavy atom. The average molecular weight is 201 g/mol. The molecule has 1 aliphatic rings. The summed E-state index contributed by atoms with van der Waals surface area (Å²) in [6, 6.07) is 6.36. The number of H-pyrrole nitrogens is 1. The minimum absolute atomic E-state index is 0.567. The van der Waals surface area contributed by atoms with Gasteiger partial charge in [-0.3, -0.25) is 0 Å². The van der Waals surface area contributed by atoms with Crippen molar-refractivity contribution in [2.75, 3.05) is 13.1 Å². The van der Waals surface area contributed by atoms with E-state index in [0.717, 1.165) is 29.9 Å². The first kappa shape index (κ1) is 8.92. The number of nitrogens with one attached hydrogen (secondary N) is 2. The molecule has 0 bridgehead atoms. The molecule has 2 heterocycles. The van der Waals surface area contributed by atoms with Crippen molar-refractivity contribution in [3.05, 3.63) is 29.6 Å². The van der Waals surface area contributed by atoms with Gasteiger partial charge in [0.15, 0.2) is 0 Å². The van der Waals surface area contributed by atoms with Crippen LogP contribution in [0.1, 0.15) is 23.7 Å². The van der Waals surface area contributed by atoms with E-state index in [0.29, 0.717) is 5.92 Å². The van der Waals surface area contributed by atoms with Gasteiger partial charge in [0.1, 0.15) is 5.82 Å². The number of aromatic amines is 1. The second-order valence-corrected chi connectivity index (χ2v) is 4.33. The quantitative estimate of drug-likeness (QED) is 0.740. The van der Waals surface area contributed by atoms with Crippen molar-refractivity contribution in [3.63, 3.8) is 0 Å². The Morgan fingerprint density at radius 3 is 3.13 bits per heavy atom. The topological polar surface area (TPSA) is 40.7 Å². The highest BCUT2D eigenvalue weighted by Crippen LogP contribution is 2.22. The van der Waals surface area contributed by atoms with Crippen LogP contribution >= 0.6 is 0 Å². The van der Waals surface area contributed by atoms with Crippen LogP contribution in [0.25, 0.3) is 11.0 Å². The van der Waals surface area contributed by atoms with E-state index in [4.69, 9.17) is 0 Å². The van der Waals surface area contributed by atoms with Crippen LogP contribution in [0.4, 0.5) is 0 Å². The zero-order valence-electron chi connectivity index (χ0n) is 8.88. The van der Waals surface area contributed by atoms with Crippen molar-refractivity contribution in [2.45, 2.75) is 19.3 Å². The van der Waals surface area contributed by atoms with Gasteiger partial charge in [-0.1, -0.05) is 6.07 Å². The summed E-state index contributed by atoms with van der Waals surface area (Å²) in [6.45, 7) is 4.27. The first-order valence-electron chi connectivity index (χ1n) is 5.50. The molecule has 1 aromatic carbocycles. The van der Waals surface area contributed by atoms with E-state index in [1.807, 2.05) is 0 Å². The molecule has 0 unspecified atom stereocenters. The van der Waals surface area contributed by atoms with Gasteiger partial charge in [0, 0.05) is 12.5 Å². The molecule has 2 N–H and O–H groups in total. The smallest absolute Gasteiger partial charge is 0.111 e. The molecule has 0 spiro atoms. The van der Waals surface area contributed by atoms with E-state index in [-0.39, 0.29) is 0 Å². The van der Waals surface area contributed by atoms with E-state index in [1.54, 1.807) is 0 Å². The van der Waals surface area contributed by atoms with Crippen LogP contribution in [0.15, 0.2) is 18.2 Å². The zero-order valence-corrected chi connectivity index (χ0v) is 8.88. The van der Waals surface area contributed by atoms with Crippen LogP contribution in [-0.2, 0) is 0 Å². The van der Waals surface area contributed by atoms with E-state index >= 15 is 0 Å². The minimum Gasteiger partial charge on any atom is -0.342 e. The lowest BCUT2D eigenvalue weighted by atomic mass is 10.1. The Balaban J connectivity index is 2.05. The number of aryl methyl sites for hydroxylation is 1. The molecular weight excluding hydrogens is 186 g/mol. The van der Waals surface area contributed by atoms with Crippen molar-refractivity contribution in [1.82, 2.24) is 15.3 Å². The fourth-order valence-corrected chi connectivity index (χ4v) is 2.22. The molecule has 0 radical (unpaired) electrons. The molecule has 0 aliphatic carbocycles. The van der Waals surface area contributed by atoms with Gasteiger partial charge in [-0.25, -0.2) is 4.98 Å². The molecule has 0 amide bonds. The fraction of sp³-hybridized carbons (Fsp3) is 0.417. The van der Waals surface area contributed by atoms with Crippen LogP contribution in [-0.4, -0.2) is 23.1 Å². The molecule has 1 aliphatic heterocycles. The number of imidazole rings is 1. The van der Waals surface area contributed by atoms with E-state index < -0.39 is 0 Å². The highest BCUT2D eigenvalue weighted by atomic mass is 15.0. The van der Waals surface area contributed by atoms with Crippen molar-refractivity contribution in [3.8, 4) is 0 Å². The van der Waals surface area contributed by atoms with Crippen molar-refractivity contribution < 1.29 is 0 Å². The molecule has 1 aromatic heterocycles. The van der Waals surface area contributed by atoms with Gasteiger partial charge < -0.3 is 10.3 Å². The van der Waals surface area contributed by atoms with E-state index in [9.17, 15) is 0 Å². The maximum Gasteiger partial charge on any atom is 0.111 e. The second kappa shape index (κ2) is 3.35. The molecular formula is C12H15N3. The van der Waals surface area contributed by atoms with Crippen molar-refractivity contribution in [1.29, 1.82) is 0 Å². The van der Waals surface area contributed by atoms with E-state index in [2.05, 4.69) is 40.4 Å². The summed E-state index contributed by atoms with van der Waals surface area (Å²) in [6.07, 6.45) is 1.19. The minimum atomic E-state index is 0.567. The predicted molar refractivity (Wildman–Crippen MR) is 61.1 cm³/mol. The SMILES string of the molecule is Cc1ccc2nc([C@H]3CCNC3)[nH]c2c1. The summed E-state index contributed by atoms with van der Waals surface area (Å²) in [4.78, 5) is 8.07. The lowest BCUT2D eigenvalue weighted by molar-refractivity contribution is 0.717. The summed E-state index contributed by atoms with van der Waals surface area (Å²) in [5, 5.41) is 3.37. The largest absolute Gasteiger partial charge is 0.342 e. The Kier molecular flexibility index (Phi) is 1.99. The number of benzene rings is 1. The molecule has 1 fully saturated rings. The van der Waals surface area contributed by atoms with Crippen LogP contribution in [0.5, 0.6) is 0 Å². The molecule has 2 aromatic rings. The first-order valence-corrected chi connectivity index (χ1v) is 5.50. The Bertz CT molecular complexity index is 481. The Morgan fingerprint density at radius 2 is 2.33 bits per heavy atom. The van der Waals surface area contributed by atoms with E-state index in [1.165, 1.54) is 12.0 Å². The second-order valence-electron chi connectivity index (χ2n) is 4.33. The lowest BCUT2D eigenvalue weighted by Gasteiger charge is -2.01. The highest BCUT2D eigenvalue weighted by Gasteiger charge is 2.19. The number of nitrogens with zero attached hydrogens (tertiary/aromatic N) is 1. The lowest BCUT2D eigenvalue weighted by Crippen LogP contribution is -2.08. The number of hydrogen-bond acceptors (Lipinski definition) is 2. The van der Waals surface area contributed by atoms with Gasteiger partial charge in [0.05, 0.1) is 11.0 Å². The summed E-state index contributed by atoms with van der Waals surface area (Å²) in [5.74, 6) is 1.71. The summed E-state index contributed by atoms with van der Waals surface area (Å²) < 4.78 is 0. The number of rotatable bonds is 1. The Hall–Kier alpha value is -1.35. The fourth-order valence-electron chi connectivity index (χ4n) is 2.22. The van der Waals surface area contributed by atoms with Gasteiger partial charge in [-0.2, -0.15) is 0 Å². The third-order valence-corrected chi connectivity index (χ3v) is 3.10. The molecule has 3 nitrogen and oxygen atoms in total. The van der Waals surface area contributed by atoms with Gasteiger partial charge >= 0.3 is 0 Å². The number of hydrogen-bond donors (Lipinski definition) is 2. The Labute approximate surface area is 88.9 Å². The first-order chi connectivity index (χ1) is 7.33. The van der Waals surface area contributed by atoms with Gasteiger partial charge in [0.2, 0.25) is 0 Å². The van der Waals surface area contributed by atoms with Crippen LogP contribution < -0.4 is 5.32 Å². The highest BCUT2D eigenvalue weighted by molar-refractivity contribution is 5.75. The molecule has 3 rings (SSSR count). The van der Waals surface area contributed by atoms with Gasteiger partial charge in [-0.05, 0) is 37.6 Å². The summed E-state index contributed by atoms with van der Waals surface area (Å²) >= 11 is 0. The maximum atomic E-state index is 4.64. The molecule has 3 heteroatoms. The monoisotopic (exact) mass is 201 g/mol. The molecule has 0 saturated carbocycles. The van der Waals surface area contributed by atoms with Gasteiger partial charge in [-0.15, -0.1) is 0 Å². The maximum absolute atomic E-state index is 4.64. The van der Waals surface area contributed by atoms with Crippen LogP contribution in [0.2, 0.25) is 0 Å². The van der Waals surface area contributed by atoms with Crippen molar-refractivity contribution in [2.24, 2.45) is 0 Å². The predicted octanol–water partition coefficient (Wildman–Crippen LogP) is 1.95. The third kappa shape index (κ3) is 1.53. The van der Waals surface area contributed by atoms with Crippen molar-refractivity contribution >= 4 is 11.0 Å². The molecule has 78 valence electrons. The molecule has 1 saturated heterocycles. The van der Waals surface area contributed by atoms with Crippen LogP contribution in [0.3, 0.4) is 0 Å². The normalized spacial score (nSPS) is 21.3. The standard InChI is InChI=1S/C12H15N3/c1-8-2-3-10-11(6-8)15-12(14-10)9-4-5-13-7-9/h2-3,6,9,13H,4-5,7H2,1H3,(H,14,15)/t9-/m0/s1. The molecule has 1 atom stereocenters. The summed E-state index contributed by atoms with van der Waals surface area (Å²) in [5.41, 5.74) is 3.53. The zero-order chi connectivity index (χ0) is 10.3. The number of aromatic nitrogens is 2. The average Bonchev–Trinajstić information content (AvgIpc) is 2.84. The summed E-state index contributed by atoms with van der Waals surface area (Å²) in [7, 11) is 0. The number of fused-ring (bicyclic) bond motifs is 1. The van der Waals surface area contributed by atoms with Gasteiger partial charge in [0.25, 0.3) is 0 Å².